The Hall–Kier alpha value is -0.860. The highest BCUT2D eigenvalue weighted by Gasteiger charge is 2.23. The molecule has 2 nitrogen and oxygen atoms in total. The predicted molar refractivity (Wildman–Crippen MR) is 80.2 cm³/mol. The third kappa shape index (κ3) is 3.58. The predicted octanol–water partition coefficient (Wildman–Crippen LogP) is 2.91. The van der Waals surface area contributed by atoms with Gasteiger partial charge in [0, 0.05) is 39.3 Å². The van der Waals surface area contributed by atoms with Crippen LogP contribution in [-0.4, -0.2) is 42.5 Å². The van der Waals surface area contributed by atoms with Gasteiger partial charge in [-0.1, -0.05) is 36.2 Å². The van der Waals surface area contributed by atoms with E-state index in [4.69, 9.17) is 0 Å². The maximum atomic E-state index is 2.68. The van der Waals surface area contributed by atoms with Gasteiger partial charge in [0.2, 0.25) is 0 Å². The van der Waals surface area contributed by atoms with Crippen molar-refractivity contribution in [2.45, 2.75) is 32.7 Å². The molecule has 2 fully saturated rings. The molecule has 0 spiro atoms. The number of piperazine rings is 1. The molecule has 1 saturated heterocycles. The topological polar surface area (TPSA) is 6.48 Å². The van der Waals surface area contributed by atoms with Crippen LogP contribution in [0.1, 0.15) is 30.4 Å². The van der Waals surface area contributed by atoms with Gasteiger partial charge in [0.25, 0.3) is 0 Å². The lowest BCUT2D eigenvalue weighted by molar-refractivity contribution is 0.0967. The molecule has 2 aliphatic rings. The van der Waals surface area contributed by atoms with E-state index in [1.165, 1.54) is 63.1 Å². The minimum atomic E-state index is 1.02. The van der Waals surface area contributed by atoms with Crippen LogP contribution >= 0.6 is 0 Å². The second-order valence-electron chi connectivity index (χ2n) is 6.36. The van der Waals surface area contributed by atoms with Gasteiger partial charge in [0.05, 0.1) is 0 Å². The Morgan fingerprint density at radius 3 is 2.16 bits per heavy atom. The smallest absolute Gasteiger partial charge is 0.0234 e. The first-order chi connectivity index (χ1) is 9.29. The molecule has 1 aliphatic heterocycles. The van der Waals surface area contributed by atoms with E-state index in [0.717, 1.165) is 12.5 Å². The molecule has 1 saturated carbocycles. The molecular weight excluding hydrogens is 232 g/mol. The molecule has 0 atom stereocenters. The van der Waals surface area contributed by atoms with Crippen molar-refractivity contribution in [1.29, 1.82) is 0 Å². The number of hydrogen-bond acceptors (Lipinski definition) is 2. The van der Waals surface area contributed by atoms with E-state index in [9.17, 15) is 0 Å². The fraction of sp³-hybridized carbons (Fsp3) is 0.647. The monoisotopic (exact) mass is 258 g/mol. The molecule has 0 amide bonds. The van der Waals surface area contributed by atoms with Gasteiger partial charge in [-0.2, -0.15) is 0 Å². The van der Waals surface area contributed by atoms with Crippen LogP contribution in [0.2, 0.25) is 0 Å². The average Bonchev–Trinajstić information content (AvgIpc) is 2.38. The molecule has 3 rings (SSSR count). The zero-order valence-electron chi connectivity index (χ0n) is 12.1. The highest BCUT2D eigenvalue weighted by Crippen LogP contribution is 2.27. The van der Waals surface area contributed by atoms with Crippen LogP contribution in [0, 0.1) is 12.8 Å². The second-order valence-corrected chi connectivity index (χ2v) is 6.36. The van der Waals surface area contributed by atoms with Crippen molar-refractivity contribution in [3.63, 3.8) is 0 Å². The van der Waals surface area contributed by atoms with Crippen LogP contribution in [0.3, 0.4) is 0 Å². The van der Waals surface area contributed by atoms with Crippen molar-refractivity contribution >= 4 is 0 Å². The Bertz CT molecular complexity index is 386. The third-order valence-corrected chi connectivity index (χ3v) is 4.73. The van der Waals surface area contributed by atoms with Gasteiger partial charge in [-0.3, -0.25) is 4.90 Å². The summed E-state index contributed by atoms with van der Waals surface area (Å²) in [4.78, 5) is 5.28. The number of hydrogen-bond donors (Lipinski definition) is 0. The maximum absolute atomic E-state index is 2.68. The first-order valence-electron chi connectivity index (χ1n) is 7.80. The van der Waals surface area contributed by atoms with E-state index in [1.54, 1.807) is 0 Å². The zero-order chi connectivity index (χ0) is 13.1. The van der Waals surface area contributed by atoms with Crippen LogP contribution in [0.15, 0.2) is 24.3 Å². The van der Waals surface area contributed by atoms with Crippen LogP contribution in [0.4, 0.5) is 0 Å². The lowest BCUT2D eigenvalue weighted by Crippen LogP contribution is -2.47. The average molecular weight is 258 g/mol. The number of aryl methyl sites for hydroxylation is 1. The van der Waals surface area contributed by atoms with Crippen LogP contribution in [-0.2, 0) is 6.54 Å². The maximum Gasteiger partial charge on any atom is 0.0234 e. The van der Waals surface area contributed by atoms with E-state index in [-0.39, 0.29) is 0 Å². The second kappa shape index (κ2) is 6.06. The summed E-state index contributed by atoms with van der Waals surface area (Å²) in [7, 11) is 0. The molecule has 19 heavy (non-hydrogen) atoms. The lowest BCUT2D eigenvalue weighted by Gasteiger charge is -2.38. The molecule has 1 aromatic carbocycles. The molecule has 1 aromatic rings. The Kier molecular flexibility index (Phi) is 4.19. The minimum absolute atomic E-state index is 1.02. The Morgan fingerprint density at radius 1 is 0.947 bits per heavy atom. The summed E-state index contributed by atoms with van der Waals surface area (Å²) in [6, 6.07) is 9.00. The van der Waals surface area contributed by atoms with Crippen molar-refractivity contribution in [2.24, 2.45) is 5.92 Å². The highest BCUT2D eigenvalue weighted by atomic mass is 15.3. The summed E-state index contributed by atoms with van der Waals surface area (Å²) in [6.45, 7) is 9.64. The molecule has 2 heteroatoms. The van der Waals surface area contributed by atoms with Crippen molar-refractivity contribution < 1.29 is 0 Å². The highest BCUT2D eigenvalue weighted by molar-refractivity contribution is 5.21. The van der Waals surface area contributed by atoms with Gasteiger partial charge in [0.15, 0.2) is 0 Å². The summed E-state index contributed by atoms with van der Waals surface area (Å²) in [5, 5.41) is 0. The van der Waals surface area contributed by atoms with Crippen LogP contribution in [0.25, 0.3) is 0 Å². The largest absolute Gasteiger partial charge is 0.301 e. The van der Waals surface area contributed by atoms with Crippen LogP contribution < -0.4 is 0 Å². The van der Waals surface area contributed by atoms with E-state index in [1.807, 2.05) is 0 Å². The molecule has 0 bridgehead atoms. The molecule has 104 valence electrons. The van der Waals surface area contributed by atoms with Gasteiger partial charge in [-0.25, -0.2) is 0 Å². The van der Waals surface area contributed by atoms with Gasteiger partial charge < -0.3 is 4.90 Å². The summed E-state index contributed by atoms with van der Waals surface area (Å²) in [5.74, 6) is 1.02. The number of nitrogens with zero attached hydrogens (tertiary/aromatic N) is 2. The van der Waals surface area contributed by atoms with Gasteiger partial charge in [-0.05, 0) is 31.2 Å². The fourth-order valence-corrected chi connectivity index (χ4v) is 3.12. The summed E-state index contributed by atoms with van der Waals surface area (Å²) < 4.78 is 0. The van der Waals surface area contributed by atoms with Crippen molar-refractivity contribution in [1.82, 2.24) is 9.80 Å². The SMILES string of the molecule is Cc1ccc(CN2CCN(CC3CCC3)CC2)cc1. The molecular formula is C17H26N2. The van der Waals surface area contributed by atoms with E-state index in [0.29, 0.717) is 0 Å². The summed E-state index contributed by atoms with van der Waals surface area (Å²) in [6.07, 6.45) is 4.42. The normalized spacial score (nSPS) is 22.4. The van der Waals surface area contributed by atoms with Gasteiger partial charge >= 0.3 is 0 Å². The quantitative estimate of drug-likeness (QED) is 0.819. The van der Waals surface area contributed by atoms with Crippen molar-refractivity contribution in [2.75, 3.05) is 32.7 Å². The van der Waals surface area contributed by atoms with Gasteiger partial charge in [0.1, 0.15) is 0 Å². The minimum Gasteiger partial charge on any atom is -0.301 e. The first-order valence-corrected chi connectivity index (χ1v) is 7.80. The van der Waals surface area contributed by atoms with E-state index in [2.05, 4.69) is 41.0 Å². The summed E-state index contributed by atoms with van der Waals surface area (Å²) in [5.41, 5.74) is 2.81. The Labute approximate surface area is 117 Å². The molecule has 0 N–H and O–H groups in total. The lowest BCUT2D eigenvalue weighted by atomic mass is 9.85. The number of benzene rings is 1. The van der Waals surface area contributed by atoms with Gasteiger partial charge in [-0.15, -0.1) is 0 Å². The third-order valence-electron chi connectivity index (χ3n) is 4.73. The number of rotatable bonds is 4. The van der Waals surface area contributed by atoms with Crippen molar-refractivity contribution in [3.8, 4) is 0 Å². The molecule has 0 radical (unpaired) electrons. The van der Waals surface area contributed by atoms with Crippen molar-refractivity contribution in [3.05, 3.63) is 35.4 Å². The Morgan fingerprint density at radius 2 is 1.58 bits per heavy atom. The zero-order valence-corrected chi connectivity index (χ0v) is 12.1. The summed E-state index contributed by atoms with van der Waals surface area (Å²) >= 11 is 0. The fourth-order valence-electron chi connectivity index (χ4n) is 3.12. The van der Waals surface area contributed by atoms with Crippen LogP contribution in [0.5, 0.6) is 0 Å². The first kappa shape index (κ1) is 13.1. The molecule has 0 unspecified atom stereocenters. The molecule has 0 aromatic heterocycles. The molecule has 1 aliphatic carbocycles. The Balaban J connectivity index is 1.43. The molecule has 1 heterocycles. The van der Waals surface area contributed by atoms with E-state index >= 15 is 0 Å². The van der Waals surface area contributed by atoms with E-state index < -0.39 is 0 Å². The standard InChI is InChI=1S/C17H26N2/c1-15-5-7-17(8-6-15)14-19-11-9-18(10-12-19)13-16-3-2-4-16/h5-8,16H,2-4,9-14H2,1H3.